The second-order valence-corrected chi connectivity index (χ2v) is 10.2. The minimum atomic E-state index is -3.30. The fourth-order valence-corrected chi connectivity index (χ4v) is 4.65. The standard InChI is InChI=1S/C24H50O3S.2H3N/c1-3-5-7-9-11-13-15-17-19-21-23-27-28(25,26)24-22-20-18-16-14-12-10-8-6-4-2;;/h3-24H2,1-2H3;2*1H3. The lowest BCUT2D eigenvalue weighted by molar-refractivity contribution is 0.305. The van der Waals surface area contributed by atoms with Crippen molar-refractivity contribution in [3.63, 3.8) is 0 Å². The quantitative estimate of drug-likeness (QED) is 0.119. The van der Waals surface area contributed by atoms with Crippen LogP contribution in [0.2, 0.25) is 0 Å². The Balaban J connectivity index is -0.00000364. The zero-order chi connectivity index (χ0) is 20.8. The molecule has 0 rings (SSSR count). The molecule has 30 heavy (non-hydrogen) atoms. The smallest absolute Gasteiger partial charge is 0.267 e. The van der Waals surface area contributed by atoms with Crippen molar-refractivity contribution < 1.29 is 12.6 Å². The summed E-state index contributed by atoms with van der Waals surface area (Å²) in [6.07, 6.45) is 24.7. The van der Waals surface area contributed by atoms with E-state index in [1.165, 1.54) is 96.3 Å². The third-order valence-corrected chi connectivity index (χ3v) is 6.82. The summed E-state index contributed by atoms with van der Waals surface area (Å²) in [5.41, 5.74) is 0. The molecule has 0 spiro atoms. The second-order valence-electron chi connectivity index (χ2n) is 8.45. The van der Waals surface area contributed by atoms with Crippen LogP contribution in [0.5, 0.6) is 0 Å². The maximum absolute atomic E-state index is 11.9. The lowest BCUT2D eigenvalue weighted by Gasteiger charge is -2.06. The summed E-state index contributed by atoms with van der Waals surface area (Å²) in [7, 11) is -3.30. The fraction of sp³-hybridized carbons (Fsp3) is 1.00. The molecule has 0 bridgehead atoms. The summed E-state index contributed by atoms with van der Waals surface area (Å²) in [5.74, 6) is 0.196. The Morgan fingerprint density at radius 1 is 0.467 bits per heavy atom. The molecule has 0 aromatic carbocycles. The van der Waals surface area contributed by atoms with Gasteiger partial charge in [0.2, 0.25) is 0 Å². The Kier molecular flexibility index (Phi) is 30.8. The van der Waals surface area contributed by atoms with E-state index in [0.29, 0.717) is 6.61 Å². The van der Waals surface area contributed by atoms with E-state index in [2.05, 4.69) is 13.8 Å². The monoisotopic (exact) mass is 452 g/mol. The minimum Gasteiger partial charge on any atom is -0.344 e. The average molecular weight is 453 g/mol. The van der Waals surface area contributed by atoms with E-state index >= 15 is 0 Å². The van der Waals surface area contributed by atoms with Gasteiger partial charge in [-0.15, -0.1) is 0 Å². The third-order valence-electron chi connectivity index (χ3n) is 5.51. The van der Waals surface area contributed by atoms with Crippen LogP contribution in [-0.4, -0.2) is 20.8 Å². The minimum absolute atomic E-state index is 0. The molecule has 5 nitrogen and oxygen atoms in total. The van der Waals surface area contributed by atoms with Gasteiger partial charge in [0.1, 0.15) is 0 Å². The van der Waals surface area contributed by atoms with Crippen LogP contribution in [0.15, 0.2) is 0 Å². The normalized spacial score (nSPS) is 11.1. The zero-order valence-corrected chi connectivity index (χ0v) is 21.4. The van der Waals surface area contributed by atoms with Gasteiger partial charge in [0, 0.05) is 0 Å². The van der Waals surface area contributed by atoms with Crippen molar-refractivity contribution in [2.45, 2.75) is 142 Å². The second kappa shape index (κ2) is 26.9. The molecule has 6 heteroatoms. The molecule has 0 fully saturated rings. The van der Waals surface area contributed by atoms with Gasteiger partial charge in [-0.3, -0.25) is 4.18 Å². The number of hydrogen-bond donors (Lipinski definition) is 2. The van der Waals surface area contributed by atoms with Gasteiger partial charge in [0.25, 0.3) is 10.1 Å². The van der Waals surface area contributed by atoms with E-state index in [9.17, 15) is 8.42 Å². The van der Waals surface area contributed by atoms with Crippen molar-refractivity contribution in [1.82, 2.24) is 12.3 Å². The van der Waals surface area contributed by atoms with Gasteiger partial charge in [0.15, 0.2) is 0 Å². The predicted octanol–water partition coefficient (Wildman–Crippen LogP) is 8.50. The van der Waals surface area contributed by atoms with Gasteiger partial charge < -0.3 is 12.3 Å². The van der Waals surface area contributed by atoms with Gasteiger partial charge in [-0.05, 0) is 12.8 Å². The number of rotatable bonds is 23. The van der Waals surface area contributed by atoms with E-state index in [4.69, 9.17) is 4.18 Å². The molecule has 0 atom stereocenters. The summed E-state index contributed by atoms with van der Waals surface area (Å²) < 4.78 is 29.0. The van der Waals surface area contributed by atoms with E-state index in [1.807, 2.05) is 0 Å². The van der Waals surface area contributed by atoms with Crippen LogP contribution in [0.25, 0.3) is 0 Å². The molecule has 0 aliphatic heterocycles. The summed E-state index contributed by atoms with van der Waals surface area (Å²) >= 11 is 0. The Morgan fingerprint density at radius 2 is 0.767 bits per heavy atom. The van der Waals surface area contributed by atoms with Gasteiger partial charge in [-0.25, -0.2) is 0 Å². The Labute approximate surface area is 189 Å². The number of hydrogen-bond acceptors (Lipinski definition) is 5. The van der Waals surface area contributed by atoms with Crippen molar-refractivity contribution in [1.29, 1.82) is 0 Å². The third kappa shape index (κ3) is 27.8. The lowest BCUT2D eigenvalue weighted by Crippen LogP contribution is -2.11. The highest BCUT2D eigenvalue weighted by Gasteiger charge is 2.10. The van der Waals surface area contributed by atoms with E-state index in [0.717, 1.165) is 32.1 Å². The SMILES string of the molecule is CCCCCCCCCCCCOS(=O)(=O)CCCCCCCCCCCC.N.N. The maximum atomic E-state index is 11.9. The van der Waals surface area contributed by atoms with Gasteiger partial charge in [-0.2, -0.15) is 8.42 Å². The topological polar surface area (TPSA) is 113 Å². The van der Waals surface area contributed by atoms with E-state index in [-0.39, 0.29) is 18.1 Å². The summed E-state index contributed by atoms with van der Waals surface area (Å²) in [4.78, 5) is 0. The van der Waals surface area contributed by atoms with Crippen LogP contribution >= 0.6 is 0 Å². The molecule has 0 aliphatic carbocycles. The molecule has 0 amide bonds. The van der Waals surface area contributed by atoms with Crippen molar-refractivity contribution in [2.75, 3.05) is 12.4 Å². The van der Waals surface area contributed by atoms with Crippen molar-refractivity contribution >= 4 is 10.1 Å². The summed E-state index contributed by atoms with van der Waals surface area (Å²) in [6, 6.07) is 0. The van der Waals surface area contributed by atoms with Crippen LogP contribution in [-0.2, 0) is 14.3 Å². The molecule has 0 aromatic heterocycles. The highest BCUT2D eigenvalue weighted by Crippen LogP contribution is 2.13. The molecule has 0 aromatic rings. The average Bonchev–Trinajstić information content (AvgIpc) is 2.67. The van der Waals surface area contributed by atoms with Crippen LogP contribution in [0.1, 0.15) is 142 Å². The Hall–Kier alpha value is -0.170. The first-order chi connectivity index (χ1) is 13.6. The largest absolute Gasteiger partial charge is 0.344 e. The van der Waals surface area contributed by atoms with E-state index in [1.54, 1.807) is 0 Å². The highest BCUT2D eigenvalue weighted by molar-refractivity contribution is 7.86. The van der Waals surface area contributed by atoms with Crippen LogP contribution in [0.3, 0.4) is 0 Å². The molecule has 0 unspecified atom stereocenters. The van der Waals surface area contributed by atoms with Crippen LogP contribution in [0.4, 0.5) is 0 Å². The van der Waals surface area contributed by atoms with Crippen molar-refractivity contribution in [3.05, 3.63) is 0 Å². The van der Waals surface area contributed by atoms with Crippen molar-refractivity contribution in [2.24, 2.45) is 0 Å². The summed E-state index contributed by atoms with van der Waals surface area (Å²) in [6.45, 7) is 4.87. The van der Waals surface area contributed by atoms with Gasteiger partial charge >= 0.3 is 0 Å². The Bertz CT molecular complexity index is 403. The highest BCUT2D eigenvalue weighted by atomic mass is 32.2. The summed E-state index contributed by atoms with van der Waals surface area (Å²) in [5, 5.41) is 0. The zero-order valence-electron chi connectivity index (χ0n) is 20.6. The molecule has 186 valence electrons. The molecular formula is C24H56N2O3S. The molecule has 0 saturated carbocycles. The van der Waals surface area contributed by atoms with Gasteiger partial charge in [-0.1, -0.05) is 129 Å². The molecule has 0 saturated heterocycles. The molecular weight excluding hydrogens is 396 g/mol. The molecule has 6 N–H and O–H groups in total. The van der Waals surface area contributed by atoms with E-state index < -0.39 is 10.1 Å². The lowest BCUT2D eigenvalue weighted by atomic mass is 10.1. The number of unbranched alkanes of at least 4 members (excludes halogenated alkanes) is 18. The van der Waals surface area contributed by atoms with Crippen LogP contribution < -0.4 is 12.3 Å². The first-order valence-corrected chi connectivity index (χ1v) is 14.1. The van der Waals surface area contributed by atoms with Gasteiger partial charge in [0.05, 0.1) is 12.4 Å². The molecule has 0 heterocycles. The fourth-order valence-electron chi connectivity index (χ4n) is 3.60. The predicted molar refractivity (Wildman–Crippen MR) is 133 cm³/mol. The first-order valence-electron chi connectivity index (χ1n) is 12.5. The molecule has 0 aliphatic rings. The first kappa shape index (κ1) is 34.4. The maximum Gasteiger partial charge on any atom is 0.267 e. The Morgan fingerprint density at radius 3 is 1.13 bits per heavy atom. The van der Waals surface area contributed by atoms with Crippen molar-refractivity contribution in [3.8, 4) is 0 Å². The van der Waals surface area contributed by atoms with Crippen LogP contribution in [0, 0.1) is 0 Å². The molecule has 0 radical (unpaired) electrons.